The van der Waals surface area contributed by atoms with Crippen LogP contribution in [0.4, 0.5) is 11.5 Å². The maximum atomic E-state index is 12.3. The quantitative estimate of drug-likeness (QED) is 0.269. The van der Waals surface area contributed by atoms with Crippen molar-refractivity contribution in [2.45, 2.75) is 19.4 Å². The van der Waals surface area contributed by atoms with Crippen LogP contribution in [0.5, 0.6) is 0 Å². The van der Waals surface area contributed by atoms with Gasteiger partial charge in [0.2, 0.25) is 5.91 Å². The molecule has 3 aromatic heterocycles. The fourth-order valence-corrected chi connectivity index (χ4v) is 4.53. The number of benzene rings is 2. The second-order valence-electron chi connectivity index (χ2n) is 7.50. The van der Waals surface area contributed by atoms with Gasteiger partial charge in [0, 0.05) is 30.8 Å². The summed E-state index contributed by atoms with van der Waals surface area (Å²) < 4.78 is 7.55. The van der Waals surface area contributed by atoms with Gasteiger partial charge in [0.05, 0.1) is 26.7 Å². The number of aryl methyl sites for hydroxylation is 1. The van der Waals surface area contributed by atoms with Crippen LogP contribution in [0.1, 0.15) is 12.8 Å². The fourth-order valence-electron chi connectivity index (χ4n) is 3.57. The number of nitrogens with one attached hydrogen (secondary N) is 1. The van der Waals surface area contributed by atoms with E-state index in [2.05, 4.69) is 15.3 Å². The molecule has 0 atom stereocenters. The highest BCUT2D eigenvalue weighted by molar-refractivity contribution is 7.21. The first-order valence-corrected chi connectivity index (χ1v) is 11.2. The first kappa shape index (κ1) is 21.5. The van der Waals surface area contributed by atoms with Crippen LogP contribution < -0.4 is 11.1 Å². The number of aromatic nitrogens is 3. The number of para-hydroxylation sites is 1. The maximum Gasteiger partial charge on any atom is 0.419 e. The average molecular weight is 475 g/mol. The SMILES string of the molecule is O=C(CCCn1c(=O)oc2cc([N+](=O)[O-])ccc21)Nc1ccc(-c2nc3ccccc3s2)cn1. The first-order valence-electron chi connectivity index (χ1n) is 10.4. The maximum absolute atomic E-state index is 12.3. The van der Waals surface area contributed by atoms with Crippen molar-refractivity contribution in [2.24, 2.45) is 0 Å². The zero-order chi connectivity index (χ0) is 23.7. The Hall–Kier alpha value is -4.38. The molecule has 1 amide bonds. The van der Waals surface area contributed by atoms with Crippen LogP contribution in [0.15, 0.2) is 70.0 Å². The van der Waals surface area contributed by atoms with Crippen LogP contribution >= 0.6 is 11.3 Å². The molecule has 10 nitrogen and oxygen atoms in total. The van der Waals surface area contributed by atoms with Crippen molar-refractivity contribution in [3.63, 3.8) is 0 Å². The third-order valence-corrected chi connectivity index (χ3v) is 6.31. The molecule has 0 aliphatic carbocycles. The lowest BCUT2D eigenvalue weighted by atomic mass is 10.2. The van der Waals surface area contributed by atoms with E-state index >= 15 is 0 Å². The van der Waals surface area contributed by atoms with E-state index in [0.717, 1.165) is 20.8 Å². The summed E-state index contributed by atoms with van der Waals surface area (Å²) in [6, 6.07) is 15.5. The predicted octanol–water partition coefficient (Wildman–Crippen LogP) is 4.59. The molecule has 0 spiro atoms. The average Bonchev–Trinajstić information content (AvgIpc) is 3.40. The van der Waals surface area contributed by atoms with Gasteiger partial charge in [-0.25, -0.2) is 14.8 Å². The Labute approximate surface area is 195 Å². The number of non-ortho nitro benzene ring substituents is 1. The summed E-state index contributed by atoms with van der Waals surface area (Å²) in [6.07, 6.45) is 2.21. The second-order valence-corrected chi connectivity index (χ2v) is 8.53. The van der Waals surface area contributed by atoms with Crippen molar-refractivity contribution in [1.82, 2.24) is 14.5 Å². The highest BCUT2D eigenvalue weighted by atomic mass is 32.1. The summed E-state index contributed by atoms with van der Waals surface area (Å²) in [5.74, 6) is -0.437. The molecule has 5 rings (SSSR count). The molecule has 0 bridgehead atoms. The number of hydrogen-bond donors (Lipinski definition) is 1. The normalized spacial score (nSPS) is 11.2. The second kappa shape index (κ2) is 8.87. The van der Waals surface area contributed by atoms with Crippen molar-refractivity contribution in [3.05, 3.63) is 81.5 Å². The van der Waals surface area contributed by atoms with E-state index in [1.165, 1.54) is 22.8 Å². The van der Waals surface area contributed by atoms with E-state index in [0.29, 0.717) is 17.8 Å². The van der Waals surface area contributed by atoms with Gasteiger partial charge in [-0.1, -0.05) is 12.1 Å². The Morgan fingerprint density at radius 1 is 1.18 bits per heavy atom. The van der Waals surface area contributed by atoms with Crippen molar-refractivity contribution in [2.75, 3.05) is 5.32 Å². The Kier molecular flexibility index (Phi) is 5.60. The lowest BCUT2D eigenvalue weighted by Gasteiger charge is -2.05. The molecule has 11 heteroatoms. The van der Waals surface area contributed by atoms with E-state index < -0.39 is 10.7 Å². The third kappa shape index (κ3) is 4.28. The number of carbonyl (C=O) groups excluding carboxylic acids is 1. The molecule has 0 radical (unpaired) electrons. The van der Waals surface area contributed by atoms with Crippen LogP contribution in [-0.2, 0) is 11.3 Å². The number of rotatable bonds is 7. The highest BCUT2D eigenvalue weighted by Gasteiger charge is 2.14. The molecular formula is C23H17N5O5S. The van der Waals surface area contributed by atoms with E-state index in [1.807, 2.05) is 30.3 Å². The standard InChI is InChI=1S/C23H17N5O5S/c29-21(6-3-11-27-17-9-8-15(28(31)32)12-18(17)33-23(27)30)26-20-10-7-14(13-24-20)22-25-16-4-1-2-5-19(16)34-22/h1-2,4-5,7-10,12-13H,3,6,11H2,(H,24,26,29). The lowest BCUT2D eigenvalue weighted by molar-refractivity contribution is -0.384. The number of anilines is 1. The molecule has 0 fully saturated rings. The molecule has 5 aromatic rings. The number of hydrogen-bond acceptors (Lipinski definition) is 8. The summed E-state index contributed by atoms with van der Waals surface area (Å²) in [6.45, 7) is 0.237. The number of fused-ring (bicyclic) bond motifs is 2. The van der Waals surface area contributed by atoms with Crippen molar-refractivity contribution < 1.29 is 14.1 Å². The minimum absolute atomic E-state index is 0.140. The largest absolute Gasteiger partial charge is 0.419 e. The minimum Gasteiger partial charge on any atom is -0.407 e. The van der Waals surface area contributed by atoms with E-state index in [1.54, 1.807) is 23.6 Å². The smallest absolute Gasteiger partial charge is 0.407 e. The minimum atomic E-state index is -0.622. The summed E-state index contributed by atoms with van der Waals surface area (Å²) in [7, 11) is 0. The summed E-state index contributed by atoms with van der Waals surface area (Å²) >= 11 is 1.58. The number of thiazole rings is 1. The number of nitro groups is 1. The Morgan fingerprint density at radius 3 is 2.79 bits per heavy atom. The Balaban J connectivity index is 1.19. The molecule has 0 aliphatic rings. The van der Waals surface area contributed by atoms with Gasteiger partial charge in [-0.3, -0.25) is 19.5 Å². The summed E-state index contributed by atoms with van der Waals surface area (Å²) in [5.41, 5.74) is 2.23. The Bertz CT molecular complexity index is 1550. The van der Waals surface area contributed by atoms with Gasteiger partial charge < -0.3 is 9.73 Å². The van der Waals surface area contributed by atoms with Crippen LogP contribution in [0.2, 0.25) is 0 Å². The van der Waals surface area contributed by atoms with Gasteiger partial charge >= 0.3 is 5.76 Å². The van der Waals surface area contributed by atoms with Crippen LogP contribution in [0, 0.1) is 10.1 Å². The van der Waals surface area contributed by atoms with E-state index in [4.69, 9.17) is 4.42 Å². The third-order valence-electron chi connectivity index (χ3n) is 5.22. The highest BCUT2D eigenvalue weighted by Crippen LogP contribution is 2.29. The number of oxazole rings is 1. The van der Waals surface area contributed by atoms with Crippen LogP contribution in [0.25, 0.3) is 31.9 Å². The molecule has 34 heavy (non-hydrogen) atoms. The number of nitrogens with zero attached hydrogens (tertiary/aromatic N) is 4. The van der Waals surface area contributed by atoms with E-state index in [-0.39, 0.29) is 30.1 Å². The monoisotopic (exact) mass is 475 g/mol. The number of nitro benzene ring substituents is 1. The molecule has 3 heterocycles. The molecular weight excluding hydrogens is 458 g/mol. The molecule has 2 aromatic carbocycles. The van der Waals surface area contributed by atoms with Gasteiger partial charge in [-0.05, 0) is 36.8 Å². The predicted molar refractivity (Wildman–Crippen MR) is 128 cm³/mol. The fraction of sp³-hybridized carbons (Fsp3) is 0.130. The Morgan fingerprint density at radius 2 is 2.03 bits per heavy atom. The number of amides is 1. The van der Waals surface area contributed by atoms with Crippen molar-refractivity contribution >= 4 is 50.1 Å². The molecule has 0 unspecified atom stereocenters. The lowest BCUT2D eigenvalue weighted by Crippen LogP contribution is -2.17. The molecule has 0 saturated carbocycles. The number of pyridine rings is 1. The van der Waals surface area contributed by atoms with E-state index in [9.17, 15) is 19.7 Å². The topological polar surface area (TPSA) is 133 Å². The van der Waals surface area contributed by atoms with Crippen LogP contribution in [0.3, 0.4) is 0 Å². The van der Waals surface area contributed by atoms with Gasteiger partial charge in [-0.2, -0.15) is 0 Å². The van der Waals surface area contributed by atoms with Crippen LogP contribution in [-0.4, -0.2) is 25.4 Å². The first-order chi connectivity index (χ1) is 16.5. The summed E-state index contributed by atoms with van der Waals surface area (Å²) in [4.78, 5) is 43.7. The van der Waals surface area contributed by atoms with Gasteiger partial charge in [0.15, 0.2) is 5.58 Å². The molecule has 170 valence electrons. The van der Waals surface area contributed by atoms with Gasteiger partial charge in [0.1, 0.15) is 10.8 Å². The van der Waals surface area contributed by atoms with Gasteiger partial charge in [-0.15, -0.1) is 11.3 Å². The van der Waals surface area contributed by atoms with Crippen molar-refractivity contribution in [3.8, 4) is 10.6 Å². The molecule has 0 saturated heterocycles. The zero-order valence-electron chi connectivity index (χ0n) is 17.6. The van der Waals surface area contributed by atoms with Crippen molar-refractivity contribution in [1.29, 1.82) is 0 Å². The molecule has 1 N–H and O–H groups in total. The zero-order valence-corrected chi connectivity index (χ0v) is 18.4. The number of carbonyl (C=O) groups is 1. The van der Waals surface area contributed by atoms with Gasteiger partial charge in [0.25, 0.3) is 5.69 Å². The summed E-state index contributed by atoms with van der Waals surface area (Å²) in [5, 5.41) is 14.5. The molecule has 0 aliphatic heterocycles.